The normalized spacial score (nSPS) is 18.8. The monoisotopic (exact) mass is 271 g/mol. The zero-order chi connectivity index (χ0) is 13.2. The first kappa shape index (κ1) is 13.5. The van der Waals surface area contributed by atoms with Crippen LogP contribution in [0.15, 0.2) is 4.90 Å². The summed E-state index contributed by atoms with van der Waals surface area (Å²) in [6, 6.07) is 0.0752. The van der Waals surface area contributed by atoms with Gasteiger partial charge in [-0.2, -0.15) is 5.10 Å². The van der Waals surface area contributed by atoms with Gasteiger partial charge in [0.1, 0.15) is 4.90 Å². The molecule has 6 heteroatoms. The van der Waals surface area contributed by atoms with E-state index in [9.17, 15) is 8.42 Å². The molecule has 1 aromatic rings. The van der Waals surface area contributed by atoms with Gasteiger partial charge in [-0.05, 0) is 26.7 Å². The van der Waals surface area contributed by atoms with Gasteiger partial charge in [0.25, 0.3) is 0 Å². The second-order valence-corrected chi connectivity index (χ2v) is 6.72. The lowest BCUT2D eigenvalue weighted by Gasteiger charge is -2.16. The van der Waals surface area contributed by atoms with Gasteiger partial charge in [-0.3, -0.25) is 5.10 Å². The number of nitrogens with zero attached hydrogens (tertiary/aromatic N) is 1. The number of aromatic nitrogens is 2. The molecule has 18 heavy (non-hydrogen) atoms. The van der Waals surface area contributed by atoms with E-state index in [-0.39, 0.29) is 6.04 Å². The van der Waals surface area contributed by atoms with E-state index >= 15 is 0 Å². The summed E-state index contributed by atoms with van der Waals surface area (Å²) in [5.41, 5.74) is 1.14. The zero-order valence-corrected chi connectivity index (χ0v) is 11.8. The molecular weight excluding hydrogens is 250 g/mol. The molecule has 102 valence electrons. The van der Waals surface area contributed by atoms with Crippen molar-refractivity contribution in [1.29, 1.82) is 0 Å². The SMILES string of the molecule is Cc1n[nH]c(C)c1S(=O)(=O)NC1CCCCCC1. The van der Waals surface area contributed by atoms with Gasteiger partial charge in [-0.25, -0.2) is 13.1 Å². The summed E-state index contributed by atoms with van der Waals surface area (Å²) in [7, 11) is -3.44. The first-order chi connectivity index (χ1) is 8.50. The Labute approximate surface area is 108 Å². The van der Waals surface area contributed by atoms with Crippen LogP contribution in [0.25, 0.3) is 0 Å². The molecule has 1 aromatic heterocycles. The molecule has 0 saturated heterocycles. The van der Waals surface area contributed by atoms with Crippen LogP contribution in [0.5, 0.6) is 0 Å². The van der Waals surface area contributed by atoms with Crippen LogP contribution < -0.4 is 4.72 Å². The largest absolute Gasteiger partial charge is 0.281 e. The van der Waals surface area contributed by atoms with Crippen LogP contribution in [0, 0.1) is 13.8 Å². The van der Waals surface area contributed by atoms with E-state index in [0.29, 0.717) is 16.3 Å². The van der Waals surface area contributed by atoms with Crippen molar-refractivity contribution in [3.05, 3.63) is 11.4 Å². The minimum absolute atomic E-state index is 0.0752. The highest BCUT2D eigenvalue weighted by molar-refractivity contribution is 7.89. The number of sulfonamides is 1. The van der Waals surface area contributed by atoms with Gasteiger partial charge in [-0.1, -0.05) is 25.7 Å². The van der Waals surface area contributed by atoms with Crippen molar-refractivity contribution in [1.82, 2.24) is 14.9 Å². The van der Waals surface area contributed by atoms with Crippen molar-refractivity contribution in [2.24, 2.45) is 0 Å². The zero-order valence-electron chi connectivity index (χ0n) is 11.0. The van der Waals surface area contributed by atoms with Crippen LogP contribution in [0.2, 0.25) is 0 Å². The Hall–Kier alpha value is -0.880. The van der Waals surface area contributed by atoms with Crippen LogP contribution in [-0.2, 0) is 10.0 Å². The lowest BCUT2D eigenvalue weighted by atomic mass is 10.1. The van der Waals surface area contributed by atoms with Crippen LogP contribution in [0.4, 0.5) is 0 Å². The third kappa shape index (κ3) is 2.92. The summed E-state index contributed by atoms with van der Waals surface area (Å²) >= 11 is 0. The Morgan fingerprint density at radius 2 is 1.78 bits per heavy atom. The van der Waals surface area contributed by atoms with Crippen molar-refractivity contribution < 1.29 is 8.42 Å². The average molecular weight is 271 g/mol. The van der Waals surface area contributed by atoms with Crippen LogP contribution in [-0.4, -0.2) is 24.7 Å². The third-order valence-electron chi connectivity index (χ3n) is 3.51. The molecule has 0 spiro atoms. The highest BCUT2D eigenvalue weighted by Gasteiger charge is 2.25. The van der Waals surface area contributed by atoms with E-state index in [4.69, 9.17) is 0 Å². The van der Waals surface area contributed by atoms with E-state index in [1.165, 1.54) is 12.8 Å². The number of hydrogen-bond donors (Lipinski definition) is 2. The quantitative estimate of drug-likeness (QED) is 0.826. The summed E-state index contributed by atoms with van der Waals surface area (Å²) < 4.78 is 27.5. The Bertz CT molecular complexity index is 480. The number of H-pyrrole nitrogens is 1. The number of hydrogen-bond acceptors (Lipinski definition) is 3. The van der Waals surface area contributed by atoms with Crippen molar-refractivity contribution in [3.63, 3.8) is 0 Å². The first-order valence-corrected chi connectivity index (χ1v) is 8.03. The predicted octanol–water partition coefficient (Wildman–Crippen LogP) is 2.03. The Kier molecular flexibility index (Phi) is 4.07. The van der Waals surface area contributed by atoms with E-state index in [0.717, 1.165) is 25.7 Å². The smallest absolute Gasteiger partial charge is 0.244 e. The first-order valence-electron chi connectivity index (χ1n) is 6.54. The lowest BCUT2D eigenvalue weighted by Crippen LogP contribution is -2.34. The van der Waals surface area contributed by atoms with Gasteiger partial charge in [0.2, 0.25) is 10.0 Å². The van der Waals surface area contributed by atoms with Gasteiger partial charge < -0.3 is 0 Å². The summed E-state index contributed by atoms with van der Waals surface area (Å²) in [4.78, 5) is 0.312. The van der Waals surface area contributed by atoms with Gasteiger partial charge in [0.15, 0.2) is 0 Å². The minimum Gasteiger partial charge on any atom is -0.281 e. The minimum atomic E-state index is -3.44. The topological polar surface area (TPSA) is 74.8 Å². The van der Waals surface area contributed by atoms with Crippen molar-refractivity contribution in [2.75, 3.05) is 0 Å². The van der Waals surface area contributed by atoms with Crippen LogP contribution in [0.1, 0.15) is 49.9 Å². The molecule has 0 aromatic carbocycles. The lowest BCUT2D eigenvalue weighted by molar-refractivity contribution is 0.509. The Morgan fingerprint density at radius 1 is 1.17 bits per heavy atom. The summed E-state index contributed by atoms with van der Waals surface area (Å²) in [6.07, 6.45) is 6.52. The maximum absolute atomic E-state index is 12.3. The molecular formula is C12H21N3O2S. The second-order valence-electron chi connectivity index (χ2n) is 5.07. The van der Waals surface area contributed by atoms with Crippen LogP contribution in [0.3, 0.4) is 0 Å². The molecule has 1 aliphatic carbocycles. The van der Waals surface area contributed by atoms with E-state index in [1.807, 2.05) is 0 Å². The van der Waals surface area contributed by atoms with Crippen molar-refractivity contribution in [3.8, 4) is 0 Å². The maximum atomic E-state index is 12.3. The molecule has 1 heterocycles. The van der Waals surface area contributed by atoms with E-state index in [2.05, 4.69) is 14.9 Å². The number of aromatic amines is 1. The number of aryl methyl sites for hydroxylation is 2. The molecule has 5 nitrogen and oxygen atoms in total. The van der Waals surface area contributed by atoms with Crippen molar-refractivity contribution >= 4 is 10.0 Å². The van der Waals surface area contributed by atoms with Gasteiger partial charge in [-0.15, -0.1) is 0 Å². The fourth-order valence-corrected chi connectivity index (χ4v) is 4.29. The summed E-state index contributed by atoms with van der Waals surface area (Å²) in [5.74, 6) is 0. The average Bonchev–Trinajstić information content (AvgIpc) is 2.52. The van der Waals surface area contributed by atoms with Gasteiger partial charge in [0, 0.05) is 6.04 Å². The highest BCUT2D eigenvalue weighted by atomic mass is 32.2. The van der Waals surface area contributed by atoms with Gasteiger partial charge >= 0.3 is 0 Å². The molecule has 1 aliphatic rings. The third-order valence-corrected chi connectivity index (χ3v) is 5.29. The molecule has 0 amide bonds. The molecule has 0 atom stereocenters. The Balaban J connectivity index is 2.16. The fraction of sp³-hybridized carbons (Fsp3) is 0.750. The standard InChI is InChI=1S/C12H21N3O2S/c1-9-12(10(2)14-13-9)18(16,17)15-11-7-5-3-4-6-8-11/h11,15H,3-8H2,1-2H3,(H,13,14). The molecule has 0 bridgehead atoms. The van der Waals surface area contributed by atoms with E-state index < -0.39 is 10.0 Å². The molecule has 2 N–H and O–H groups in total. The molecule has 1 saturated carbocycles. The number of rotatable bonds is 3. The fourth-order valence-electron chi connectivity index (χ4n) is 2.61. The summed E-state index contributed by atoms with van der Waals surface area (Å²) in [5, 5.41) is 6.67. The molecule has 1 fully saturated rings. The summed E-state index contributed by atoms with van der Waals surface area (Å²) in [6.45, 7) is 3.45. The predicted molar refractivity (Wildman–Crippen MR) is 69.9 cm³/mol. The Morgan fingerprint density at radius 3 is 2.28 bits per heavy atom. The van der Waals surface area contributed by atoms with E-state index in [1.54, 1.807) is 13.8 Å². The molecule has 0 unspecified atom stereocenters. The maximum Gasteiger partial charge on any atom is 0.244 e. The molecule has 0 radical (unpaired) electrons. The molecule has 2 rings (SSSR count). The molecule has 0 aliphatic heterocycles. The second kappa shape index (κ2) is 5.40. The number of nitrogens with one attached hydrogen (secondary N) is 2. The van der Waals surface area contributed by atoms with Gasteiger partial charge in [0.05, 0.1) is 11.4 Å². The van der Waals surface area contributed by atoms with Crippen molar-refractivity contribution in [2.45, 2.75) is 63.3 Å². The highest BCUT2D eigenvalue weighted by Crippen LogP contribution is 2.21. The van der Waals surface area contributed by atoms with Crippen LogP contribution >= 0.6 is 0 Å².